The van der Waals surface area contributed by atoms with Gasteiger partial charge in [-0.15, -0.1) is 11.7 Å². The van der Waals surface area contributed by atoms with E-state index in [2.05, 4.69) is 16.9 Å². The Balaban J connectivity index is 2.50. The third kappa shape index (κ3) is 1.69. The molecule has 0 spiro atoms. The maximum Gasteiger partial charge on any atom is 0.153 e. The van der Waals surface area contributed by atoms with E-state index >= 15 is 0 Å². The van der Waals surface area contributed by atoms with Crippen LogP contribution in [0.15, 0.2) is 35.5 Å². The zero-order chi connectivity index (χ0) is 10.7. The van der Waals surface area contributed by atoms with Gasteiger partial charge in [-0.25, -0.2) is 4.68 Å². The monoisotopic (exact) mass is 204 g/mol. The Morgan fingerprint density at radius 1 is 1.60 bits per heavy atom. The lowest BCUT2D eigenvalue weighted by Gasteiger charge is -2.01. The molecule has 0 radical (unpaired) electrons. The summed E-state index contributed by atoms with van der Waals surface area (Å²) in [6.45, 7) is 4.59. The third-order valence-corrected chi connectivity index (χ3v) is 2.05. The van der Waals surface area contributed by atoms with Crippen LogP contribution in [0, 0.1) is 0 Å². The maximum absolute atomic E-state index is 5.58. The molecule has 0 aliphatic rings. The average molecular weight is 204 g/mol. The Hall–Kier alpha value is -1.88. The fourth-order valence-electron chi connectivity index (χ4n) is 1.42. The van der Waals surface area contributed by atoms with E-state index in [1.807, 2.05) is 12.1 Å². The lowest BCUT2D eigenvalue weighted by Crippen LogP contribution is -2.02. The van der Waals surface area contributed by atoms with Crippen LogP contribution in [0.25, 0.3) is 11.5 Å². The van der Waals surface area contributed by atoms with Crippen LogP contribution in [0.4, 0.5) is 0 Å². The summed E-state index contributed by atoms with van der Waals surface area (Å²) in [5.74, 6) is 0.724. The van der Waals surface area contributed by atoms with Gasteiger partial charge in [0.05, 0.1) is 12.8 Å². The van der Waals surface area contributed by atoms with E-state index in [1.165, 1.54) is 0 Å². The Labute approximate surface area is 87.2 Å². The first-order valence-corrected chi connectivity index (χ1v) is 4.64. The molecule has 2 rings (SSSR count). The van der Waals surface area contributed by atoms with E-state index in [0.29, 0.717) is 13.1 Å². The molecule has 0 aliphatic carbocycles. The number of nitrogens with zero attached hydrogens (tertiary/aromatic N) is 3. The summed E-state index contributed by atoms with van der Waals surface area (Å²) < 4.78 is 7.03. The molecule has 0 aliphatic heterocycles. The van der Waals surface area contributed by atoms with Gasteiger partial charge in [0.25, 0.3) is 0 Å². The summed E-state index contributed by atoms with van der Waals surface area (Å²) in [6, 6.07) is 3.68. The summed E-state index contributed by atoms with van der Waals surface area (Å²) >= 11 is 0. The highest BCUT2D eigenvalue weighted by atomic mass is 16.3. The number of aromatic nitrogens is 3. The van der Waals surface area contributed by atoms with Gasteiger partial charge in [-0.05, 0) is 12.1 Å². The van der Waals surface area contributed by atoms with E-state index in [-0.39, 0.29) is 0 Å². The topological polar surface area (TPSA) is 69.9 Å². The highest BCUT2D eigenvalue weighted by Crippen LogP contribution is 2.22. The molecule has 5 heteroatoms. The summed E-state index contributed by atoms with van der Waals surface area (Å²) in [7, 11) is 0. The van der Waals surface area contributed by atoms with Crippen molar-refractivity contribution in [2.24, 2.45) is 5.73 Å². The second-order valence-electron chi connectivity index (χ2n) is 3.04. The van der Waals surface area contributed by atoms with Crippen LogP contribution in [0.2, 0.25) is 0 Å². The number of nitrogens with two attached hydrogens (primary N) is 1. The summed E-state index contributed by atoms with van der Waals surface area (Å²) in [6.07, 6.45) is 3.36. The van der Waals surface area contributed by atoms with Crippen LogP contribution in [0.3, 0.4) is 0 Å². The fourth-order valence-corrected chi connectivity index (χ4v) is 1.42. The average Bonchev–Trinajstić information content (AvgIpc) is 2.85. The molecule has 78 valence electrons. The van der Waals surface area contributed by atoms with Crippen LogP contribution in [-0.2, 0) is 13.1 Å². The molecule has 0 bridgehead atoms. The van der Waals surface area contributed by atoms with Gasteiger partial charge in [0, 0.05) is 6.54 Å². The van der Waals surface area contributed by atoms with E-state index in [1.54, 1.807) is 17.0 Å². The van der Waals surface area contributed by atoms with Gasteiger partial charge in [0.2, 0.25) is 0 Å². The van der Waals surface area contributed by atoms with Gasteiger partial charge in [-0.1, -0.05) is 11.3 Å². The normalized spacial score (nSPS) is 10.5. The van der Waals surface area contributed by atoms with Gasteiger partial charge >= 0.3 is 0 Å². The molecule has 2 heterocycles. The minimum atomic E-state index is 0.340. The Kier molecular flexibility index (Phi) is 2.64. The Morgan fingerprint density at radius 2 is 2.47 bits per heavy atom. The molecule has 0 aromatic carbocycles. The van der Waals surface area contributed by atoms with Crippen molar-refractivity contribution < 1.29 is 4.42 Å². The Bertz CT molecular complexity index is 444. The minimum absolute atomic E-state index is 0.340. The first kappa shape index (κ1) is 9.67. The number of allylic oxidation sites excluding steroid dienone is 1. The van der Waals surface area contributed by atoms with Gasteiger partial charge in [-0.3, -0.25) is 0 Å². The largest absolute Gasteiger partial charge is 0.463 e. The van der Waals surface area contributed by atoms with Crippen LogP contribution < -0.4 is 5.73 Å². The molecule has 0 fully saturated rings. The van der Waals surface area contributed by atoms with Crippen molar-refractivity contribution >= 4 is 0 Å². The summed E-state index contributed by atoms with van der Waals surface area (Å²) in [5, 5.41) is 7.98. The van der Waals surface area contributed by atoms with Crippen molar-refractivity contribution in [2.75, 3.05) is 0 Å². The zero-order valence-corrected chi connectivity index (χ0v) is 8.26. The first-order chi connectivity index (χ1) is 7.36. The molecule has 5 nitrogen and oxygen atoms in total. The molecular weight excluding hydrogens is 192 g/mol. The number of furan rings is 1. The molecule has 2 aromatic rings. The van der Waals surface area contributed by atoms with Gasteiger partial charge in [0.1, 0.15) is 11.4 Å². The van der Waals surface area contributed by atoms with Crippen molar-refractivity contribution in [2.45, 2.75) is 13.1 Å². The molecule has 0 saturated carbocycles. The lowest BCUT2D eigenvalue weighted by atomic mass is 10.2. The number of hydrogen-bond donors (Lipinski definition) is 1. The zero-order valence-electron chi connectivity index (χ0n) is 8.26. The second-order valence-corrected chi connectivity index (χ2v) is 3.04. The van der Waals surface area contributed by atoms with Gasteiger partial charge in [0.15, 0.2) is 5.76 Å². The van der Waals surface area contributed by atoms with Crippen LogP contribution in [0.5, 0.6) is 0 Å². The van der Waals surface area contributed by atoms with Crippen molar-refractivity contribution in [1.82, 2.24) is 15.0 Å². The summed E-state index contributed by atoms with van der Waals surface area (Å²) in [4.78, 5) is 0. The number of rotatable bonds is 4. The second kappa shape index (κ2) is 4.10. The van der Waals surface area contributed by atoms with Crippen molar-refractivity contribution in [3.8, 4) is 11.5 Å². The molecule has 0 amide bonds. The van der Waals surface area contributed by atoms with E-state index in [0.717, 1.165) is 17.1 Å². The van der Waals surface area contributed by atoms with Crippen LogP contribution in [0.1, 0.15) is 5.69 Å². The van der Waals surface area contributed by atoms with E-state index < -0.39 is 0 Å². The molecule has 2 N–H and O–H groups in total. The van der Waals surface area contributed by atoms with Crippen molar-refractivity contribution in [1.29, 1.82) is 0 Å². The van der Waals surface area contributed by atoms with Crippen molar-refractivity contribution in [3.63, 3.8) is 0 Å². The standard InChI is InChI=1S/C10H12N4O/c1-2-5-14-10(8(7-11)12-13-14)9-4-3-6-15-9/h2-4,6H,1,5,7,11H2. The first-order valence-electron chi connectivity index (χ1n) is 4.64. The predicted molar refractivity (Wildman–Crippen MR) is 55.8 cm³/mol. The summed E-state index contributed by atoms with van der Waals surface area (Å²) in [5.41, 5.74) is 7.13. The molecule has 0 atom stereocenters. The van der Waals surface area contributed by atoms with Gasteiger partial charge < -0.3 is 10.2 Å². The van der Waals surface area contributed by atoms with Crippen LogP contribution >= 0.6 is 0 Å². The quantitative estimate of drug-likeness (QED) is 0.759. The number of hydrogen-bond acceptors (Lipinski definition) is 4. The highest BCUT2D eigenvalue weighted by Gasteiger charge is 2.14. The third-order valence-electron chi connectivity index (χ3n) is 2.05. The molecular formula is C10H12N4O. The van der Waals surface area contributed by atoms with E-state index in [4.69, 9.17) is 10.2 Å². The lowest BCUT2D eigenvalue weighted by molar-refractivity contribution is 0.567. The fraction of sp³-hybridized carbons (Fsp3) is 0.200. The van der Waals surface area contributed by atoms with E-state index in [9.17, 15) is 0 Å². The molecule has 15 heavy (non-hydrogen) atoms. The highest BCUT2D eigenvalue weighted by molar-refractivity contribution is 5.55. The maximum atomic E-state index is 5.58. The smallest absolute Gasteiger partial charge is 0.153 e. The Morgan fingerprint density at radius 3 is 3.07 bits per heavy atom. The molecule has 0 saturated heterocycles. The van der Waals surface area contributed by atoms with Gasteiger partial charge in [-0.2, -0.15) is 0 Å². The van der Waals surface area contributed by atoms with Crippen LogP contribution in [-0.4, -0.2) is 15.0 Å². The SMILES string of the molecule is C=CCn1nnc(CN)c1-c1ccco1. The minimum Gasteiger partial charge on any atom is -0.463 e. The molecule has 2 aromatic heterocycles. The van der Waals surface area contributed by atoms with Crippen molar-refractivity contribution in [3.05, 3.63) is 36.7 Å². The predicted octanol–water partition coefficient (Wildman–Crippen LogP) is 1.18. The molecule has 0 unspecified atom stereocenters.